The van der Waals surface area contributed by atoms with Gasteiger partial charge in [-0.05, 0) is 39.8 Å². The van der Waals surface area contributed by atoms with Crippen molar-refractivity contribution in [2.45, 2.75) is 46.2 Å². The molecule has 0 aliphatic heterocycles. The number of furan rings is 1. The Bertz CT molecular complexity index is 702. The minimum absolute atomic E-state index is 0.0772. The number of aromatic nitrogens is 1. The summed E-state index contributed by atoms with van der Waals surface area (Å²) in [6.07, 6.45) is 1.63. The molecule has 2 aromatic heterocycles. The first-order valence-corrected chi connectivity index (χ1v) is 9.56. The molecule has 2 heterocycles. The van der Waals surface area contributed by atoms with Crippen LogP contribution in [0.25, 0.3) is 0 Å². The summed E-state index contributed by atoms with van der Waals surface area (Å²) in [5.74, 6) is -0.214. The van der Waals surface area contributed by atoms with Crippen LogP contribution in [0.3, 0.4) is 0 Å². The normalized spacial score (nSPS) is 11.3. The van der Waals surface area contributed by atoms with Gasteiger partial charge in [0.05, 0.1) is 18.4 Å². The van der Waals surface area contributed by atoms with E-state index in [1.54, 1.807) is 17.5 Å². The third-order valence-corrected chi connectivity index (χ3v) is 4.68. The summed E-state index contributed by atoms with van der Waals surface area (Å²) < 4.78 is 5.03. The number of thiazole rings is 1. The highest BCUT2D eigenvalue weighted by atomic mass is 32.1. The van der Waals surface area contributed by atoms with E-state index in [2.05, 4.69) is 48.2 Å². The van der Waals surface area contributed by atoms with Crippen molar-refractivity contribution in [2.24, 2.45) is 0 Å². The molecule has 2 amide bonds. The SMILES string of the molecule is CC(C)N(CCNC(=O)Cc1csc(NC(=O)c2ccco2)n1)C(C)C. The average Bonchev–Trinajstić information content (AvgIpc) is 3.22. The number of hydrogen-bond donors (Lipinski definition) is 2. The zero-order valence-electron chi connectivity index (χ0n) is 15.6. The van der Waals surface area contributed by atoms with Crippen LogP contribution in [0.1, 0.15) is 43.9 Å². The van der Waals surface area contributed by atoms with E-state index in [0.717, 1.165) is 6.54 Å². The molecule has 0 aromatic carbocycles. The van der Waals surface area contributed by atoms with Gasteiger partial charge in [0, 0.05) is 30.6 Å². The molecule has 0 bridgehead atoms. The number of carbonyl (C=O) groups is 2. The summed E-state index contributed by atoms with van der Waals surface area (Å²) in [6, 6.07) is 4.10. The second-order valence-corrected chi connectivity index (χ2v) is 7.39. The zero-order chi connectivity index (χ0) is 19.1. The summed E-state index contributed by atoms with van der Waals surface area (Å²) in [6.45, 7) is 10.0. The number of rotatable bonds is 9. The van der Waals surface area contributed by atoms with Crippen molar-refractivity contribution in [3.05, 3.63) is 35.2 Å². The first-order valence-electron chi connectivity index (χ1n) is 8.68. The lowest BCUT2D eigenvalue weighted by atomic mass is 10.2. The fourth-order valence-electron chi connectivity index (χ4n) is 2.68. The fourth-order valence-corrected chi connectivity index (χ4v) is 3.38. The van der Waals surface area contributed by atoms with Gasteiger partial charge in [-0.15, -0.1) is 11.3 Å². The number of carbonyl (C=O) groups excluding carboxylic acids is 2. The Balaban J connectivity index is 1.77. The Morgan fingerprint density at radius 3 is 2.62 bits per heavy atom. The first-order chi connectivity index (χ1) is 12.4. The van der Waals surface area contributed by atoms with Crippen LogP contribution >= 0.6 is 11.3 Å². The summed E-state index contributed by atoms with van der Waals surface area (Å²) >= 11 is 1.28. The van der Waals surface area contributed by atoms with Crippen molar-refractivity contribution in [1.82, 2.24) is 15.2 Å². The highest BCUT2D eigenvalue weighted by Crippen LogP contribution is 2.17. The molecule has 0 fully saturated rings. The first kappa shape index (κ1) is 20.1. The van der Waals surface area contributed by atoms with E-state index in [9.17, 15) is 9.59 Å². The van der Waals surface area contributed by atoms with Crippen LogP contribution in [-0.2, 0) is 11.2 Å². The Kier molecular flexibility index (Phi) is 7.35. The molecular weight excluding hydrogens is 352 g/mol. The number of hydrogen-bond acceptors (Lipinski definition) is 6. The molecule has 142 valence electrons. The Hall–Kier alpha value is -2.19. The summed E-state index contributed by atoms with van der Waals surface area (Å²) in [4.78, 5) is 30.6. The van der Waals surface area contributed by atoms with Crippen molar-refractivity contribution >= 4 is 28.3 Å². The highest BCUT2D eigenvalue weighted by Gasteiger charge is 2.15. The third kappa shape index (κ3) is 5.96. The fraction of sp³-hybridized carbons (Fsp3) is 0.500. The van der Waals surface area contributed by atoms with E-state index in [4.69, 9.17) is 4.42 Å². The van der Waals surface area contributed by atoms with Crippen molar-refractivity contribution in [3.8, 4) is 0 Å². The molecule has 0 saturated heterocycles. The molecule has 2 rings (SSSR count). The molecule has 0 aliphatic rings. The molecule has 7 nitrogen and oxygen atoms in total. The largest absolute Gasteiger partial charge is 0.459 e. The van der Waals surface area contributed by atoms with Gasteiger partial charge in [0.25, 0.3) is 5.91 Å². The number of nitrogens with one attached hydrogen (secondary N) is 2. The molecular formula is C18H26N4O3S. The van der Waals surface area contributed by atoms with Gasteiger partial charge in [-0.1, -0.05) is 0 Å². The van der Waals surface area contributed by atoms with Crippen LogP contribution in [0.15, 0.2) is 28.2 Å². The Morgan fingerprint density at radius 2 is 2.00 bits per heavy atom. The molecule has 8 heteroatoms. The molecule has 0 radical (unpaired) electrons. The van der Waals surface area contributed by atoms with Crippen molar-refractivity contribution < 1.29 is 14.0 Å². The van der Waals surface area contributed by atoms with Crippen molar-refractivity contribution in [3.63, 3.8) is 0 Å². The van der Waals surface area contributed by atoms with Crippen LogP contribution in [0, 0.1) is 0 Å². The van der Waals surface area contributed by atoms with Gasteiger partial charge < -0.3 is 9.73 Å². The Labute approximate surface area is 157 Å². The van der Waals surface area contributed by atoms with Gasteiger partial charge in [0.15, 0.2) is 10.9 Å². The Morgan fingerprint density at radius 1 is 1.27 bits per heavy atom. The van der Waals surface area contributed by atoms with E-state index in [1.807, 2.05) is 0 Å². The molecule has 26 heavy (non-hydrogen) atoms. The van der Waals surface area contributed by atoms with Crippen LogP contribution in [0.4, 0.5) is 5.13 Å². The van der Waals surface area contributed by atoms with Crippen LogP contribution in [-0.4, -0.2) is 46.9 Å². The van der Waals surface area contributed by atoms with Gasteiger partial charge in [-0.2, -0.15) is 0 Å². The second kappa shape index (κ2) is 9.49. The van der Waals surface area contributed by atoms with E-state index >= 15 is 0 Å². The van der Waals surface area contributed by atoms with Crippen molar-refractivity contribution in [1.29, 1.82) is 0 Å². The third-order valence-electron chi connectivity index (χ3n) is 3.88. The smallest absolute Gasteiger partial charge is 0.293 e. The quantitative estimate of drug-likeness (QED) is 0.701. The maximum absolute atomic E-state index is 12.1. The predicted molar refractivity (Wildman–Crippen MR) is 102 cm³/mol. The van der Waals surface area contributed by atoms with Crippen LogP contribution in [0.2, 0.25) is 0 Å². The average molecular weight is 378 g/mol. The number of nitrogens with zero attached hydrogens (tertiary/aromatic N) is 2. The molecule has 2 N–H and O–H groups in total. The van der Waals surface area contributed by atoms with E-state index in [-0.39, 0.29) is 24.0 Å². The van der Waals surface area contributed by atoms with Gasteiger partial charge in [-0.3, -0.25) is 19.8 Å². The summed E-state index contributed by atoms with van der Waals surface area (Å²) in [5.41, 5.74) is 0.631. The number of anilines is 1. The zero-order valence-corrected chi connectivity index (χ0v) is 16.4. The van der Waals surface area contributed by atoms with Crippen LogP contribution < -0.4 is 10.6 Å². The van der Waals surface area contributed by atoms with E-state index < -0.39 is 0 Å². The topological polar surface area (TPSA) is 87.5 Å². The van der Waals surface area contributed by atoms with Crippen molar-refractivity contribution in [2.75, 3.05) is 18.4 Å². The molecule has 0 unspecified atom stereocenters. The van der Waals surface area contributed by atoms with E-state index in [0.29, 0.717) is 29.5 Å². The lowest BCUT2D eigenvalue weighted by molar-refractivity contribution is -0.120. The maximum atomic E-state index is 12.1. The second-order valence-electron chi connectivity index (χ2n) is 6.53. The van der Waals surface area contributed by atoms with Gasteiger partial charge in [0.1, 0.15) is 0 Å². The van der Waals surface area contributed by atoms with Gasteiger partial charge >= 0.3 is 0 Å². The molecule has 2 aromatic rings. The van der Waals surface area contributed by atoms with Crippen LogP contribution in [0.5, 0.6) is 0 Å². The predicted octanol–water partition coefficient (Wildman–Crippen LogP) is 2.77. The summed E-state index contributed by atoms with van der Waals surface area (Å²) in [7, 11) is 0. The number of amides is 2. The standard InChI is InChI=1S/C18H26N4O3S/c1-12(2)22(13(3)4)8-7-19-16(23)10-14-11-26-18(20-14)21-17(24)15-6-5-9-25-15/h5-6,9,11-13H,7-8,10H2,1-4H3,(H,19,23)(H,20,21,24). The van der Waals surface area contributed by atoms with Gasteiger partial charge in [-0.25, -0.2) is 4.98 Å². The van der Waals surface area contributed by atoms with E-state index in [1.165, 1.54) is 17.6 Å². The monoisotopic (exact) mass is 378 g/mol. The maximum Gasteiger partial charge on any atom is 0.293 e. The minimum atomic E-state index is -0.359. The van der Waals surface area contributed by atoms with Gasteiger partial charge in [0.2, 0.25) is 5.91 Å². The minimum Gasteiger partial charge on any atom is -0.459 e. The highest BCUT2D eigenvalue weighted by molar-refractivity contribution is 7.14. The molecule has 0 saturated carbocycles. The molecule has 0 spiro atoms. The lowest BCUT2D eigenvalue weighted by Crippen LogP contribution is -2.42. The lowest BCUT2D eigenvalue weighted by Gasteiger charge is -2.30. The summed E-state index contributed by atoms with van der Waals surface area (Å²) in [5, 5.41) is 7.80. The molecule has 0 atom stereocenters. The molecule has 0 aliphatic carbocycles.